The summed E-state index contributed by atoms with van der Waals surface area (Å²) in [4.78, 5) is 45.3. The highest BCUT2D eigenvalue weighted by molar-refractivity contribution is 7.92. The number of aryl methyl sites for hydroxylation is 1. The van der Waals surface area contributed by atoms with Gasteiger partial charge in [-0.25, -0.2) is 36.1 Å². The van der Waals surface area contributed by atoms with Gasteiger partial charge >= 0.3 is 12.1 Å². The Hall–Kier alpha value is -6.07. The molecule has 1 atom stereocenters. The molecule has 1 amide bonds. The molecule has 2 heterocycles. The van der Waals surface area contributed by atoms with Crippen LogP contribution < -0.4 is 19.9 Å². The van der Waals surface area contributed by atoms with Crippen LogP contribution in [0.5, 0.6) is 5.75 Å². The van der Waals surface area contributed by atoms with Crippen molar-refractivity contribution in [2.24, 2.45) is 7.05 Å². The van der Waals surface area contributed by atoms with Crippen LogP contribution in [0.1, 0.15) is 54.1 Å². The summed E-state index contributed by atoms with van der Waals surface area (Å²) in [6.45, 7) is 4.69. The number of para-hydroxylation sites is 1. The minimum absolute atomic E-state index is 0.0464. The molecule has 6 aromatic rings. The Balaban J connectivity index is 1.66. The number of ether oxygens (including phenoxy) is 2. The van der Waals surface area contributed by atoms with Gasteiger partial charge in [0.2, 0.25) is 10.0 Å². The second kappa shape index (κ2) is 15.5. The molecular weight excluding hydrogens is 786 g/mol. The molecule has 6 rings (SSSR count). The molecule has 0 fully saturated rings. The first-order chi connectivity index (χ1) is 26.7. The number of carboxylic acid groups (broad SMARTS) is 1. The fourth-order valence-corrected chi connectivity index (χ4v) is 7.49. The average molecular weight is 823 g/mol. The van der Waals surface area contributed by atoms with Gasteiger partial charge in [0.25, 0.3) is 5.56 Å². The highest BCUT2D eigenvalue weighted by atomic mass is 35.5. The van der Waals surface area contributed by atoms with E-state index in [0.29, 0.717) is 17.4 Å². The third kappa shape index (κ3) is 8.53. The molecule has 0 saturated heterocycles. The molecule has 0 aliphatic rings. The predicted octanol–water partition coefficient (Wildman–Crippen LogP) is 6.69. The molecule has 0 spiro atoms. The molecule has 0 aliphatic carbocycles. The normalized spacial score (nSPS) is 12.4. The molecule has 2 aromatic heterocycles. The number of sulfonamides is 1. The number of carbonyl (C=O) groups excluding carboxylic acids is 1. The van der Waals surface area contributed by atoms with Crippen molar-refractivity contribution in [3.05, 3.63) is 122 Å². The fraction of sp³-hybridized carbons (Fsp3) is 0.256. The van der Waals surface area contributed by atoms with Crippen LogP contribution in [0.2, 0.25) is 5.02 Å². The topological polar surface area (TPSA) is 175 Å². The smallest absolute Gasteiger partial charge is 0.408 e. The first-order valence-electron chi connectivity index (χ1n) is 17.3. The van der Waals surface area contributed by atoms with Gasteiger partial charge < -0.3 is 19.9 Å². The predicted molar refractivity (Wildman–Crippen MR) is 210 cm³/mol. The number of hydrogen-bond donors (Lipinski definition) is 2. The second-order valence-electron chi connectivity index (χ2n) is 14.2. The molecule has 18 heteroatoms. The number of carbonyl (C=O) groups is 2. The number of aromatic carboxylic acids is 1. The molecule has 0 bridgehead atoms. The van der Waals surface area contributed by atoms with Gasteiger partial charge in [-0.1, -0.05) is 29.8 Å². The lowest BCUT2D eigenvalue weighted by Gasteiger charge is -2.26. The lowest BCUT2D eigenvalue weighted by Crippen LogP contribution is -2.39. The third-order valence-corrected chi connectivity index (χ3v) is 10.2. The highest BCUT2D eigenvalue weighted by Gasteiger charge is 2.31. The number of amides is 1. The van der Waals surface area contributed by atoms with Crippen molar-refractivity contribution in [3.63, 3.8) is 0 Å². The Morgan fingerprint density at radius 1 is 1.02 bits per heavy atom. The van der Waals surface area contributed by atoms with Gasteiger partial charge in [-0.3, -0.25) is 14.0 Å². The van der Waals surface area contributed by atoms with Crippen LogP contribution in [0.3, 0.4) is 0 Å². The van der Waals surface area contributed by atoms with E-state index in [0.717, 1.165) is 27.3 Å². The summed E-state index contributed by atoms with van der Waals surface area (Å²) in [6, 6.07) is 14.9. The average Bonchev–Trinajstić information content (AvgIpc) is 3.46. The maximum Gasteiger partial charge on any atom is 0.408 e. The van der Waals surface area contributed by atoms with E-state index in [4.69, 9.17) is 21.1 Å². The molecule has 0 unspecified atom stereocenters. The van der Waals surface area contributed by atoms with Crippen LogP contribution in [-0.4, -0.2) is 63.9 Å². The Morgan fingerprint density at radius 2 is 1.68 bits per heavy atom. The zero-order valence-corrected chi connectivity index (χ0v) is 33.1. The van der Waals surface area contributed by atoms with Crippen LogP contribution in [0.25, 0.3) is 27.5 Å². The molecule has 57 heavy (non-hydrogen) atoms. The molecule has 0 aliphatic heterocycles. The largest absolute Gasteiger partial charge is 0.497 e. The minimum Gasteiger partial charge on any atom is -0.497 e. The molecule has 0 radical (unpaired) electrons. The van der Waals surface area contributed by atoms with E-state index < -0.39 is 50.9 Å². The number of alkyl carbamates (subject to hydrolysis) is 1. The number of benzene rings is 4. The van der Waals surface area contributed by atoms with Crippen molar-refractivity contribution >= 4 is 61.3 Å². The van der Waals surface area contributed by atoms with E-state index in [9.17, 15) is 36.7 Å². The number of hydrogen-bond acceptors (Lipinski definition) is 9. The fourth-order valence-electron chi connectivity index (χ4n) is 6.42. The van der Waals surface area contributed by atoms with Gasteiger partial charge in [-0.15, -0.1) is 0 Å². The number of halogens is 3. The zero-order chi connectivity index (χ0) is 41.6. The van der Waals surface area contributed by atoms with Crippen LogP contribution in [-0.2, 0) is 34.8 Å². The first-order valence-corrected chi connectivity index (χ1v) is 19.5. The lowest BCUT2D eigenvalue weighted by molar-refractivity contribution is 0.0499. The Labute approximate surface area is 330 Å². The monoisotopic (exact) mass is 822 g/mol. The summed E-state index contributed by atoms with van der Waals surface area (Å²) in [5, 5.41) is 17.4. The number of aromatic nitrogens is 4. The van der Waals surface area contributed by atoms with Crippen molar-refractivity contribution in [2.45, 2.75) is 45.4 Å². The molecule has 298 valence electrons. The summed E-state index contributed by atoms with van der Waals surface area (Å²) in [7, 11) is -1.03. The SMILES string of the molecule is COc1ccc(CN(c2nn(C)c3c(-n4c([C@H](Cc5cc(F)cc(F)c5)NC(=O)OC(C)(C)C)nc5c(C(=O)O)cccc5c4=O)ccc(Cl)c23)S(C)(=O)=O)cc1. The van der Waals surface area contributed by atoms with Crippen LogP contribution >= 0.6 is 11.6 Å². The van der Waals surface area contributed by atoms with Crippen LogP contribution in [0.15, 0.2) is 77.6 Å². The summed E-state index contributed by atoms with van der Waals surface area (Å²) in [6.07, 6.45) is -0.339. The van der Waals surface area contributed by atoms with E-state index in [1.165, 1.54) is 49.2 Å². The second-order valence-corrected chi connectivity index (χ2v) is 16.5. The molecule has 4 aromatic carbocycles. The van der Waals surface area contributed by atoms with E-state index >= 15 is 0 Å². The van der Waals surface area contributed by atoms with Gasteiger partial charge in [0.05, 0.1) is 64.0 Å². The number of methoxy groups -OCH3 is 1. The van der Waals surface area contributed by atoms with Crippen molar-refractivity contribution < 1.29 is 41.4 Å². The van der Waals surface area contributed by atoms with Crippen LogP contribution in [0, 0.1) is 11.6 Å². The van der Waals surface area contributed by atoms with Crippen molar-refractivity contribution in [1.29, 1.82) is 0 Å². The molecular formula is C39H37ClF2N6O8S. The lowest BCUT2D eigenvalue weighted by atomic mass is 10.0. The van der Waals surface area contributed by atoms with Crippen molar-refractivity contribution in [1.82, 2.24) is 24.6 Å². The van der Waals surface area contributed by atoms with Crippen molar-refractivity contribution in [3.8, 4) is 11.4 Å². The minimum atomic E-state index is -4.04. The number of nitrogens with one attached hydrogen (secondary N) is 1. The van der Waals surface area contributed by atoms with E-state index in [-0.39, 0.29) is 68.3 Å². The van der Waals surface area contributed by atoms with E-state index in [2.05, 4.69) is 15.4 Å². The maximum atomic E-state index is 14.8. The number of rotatable bonds is 11. The maximum absolute atomic E-state index is 14.8. The summed E-state index contributed by atoms with van der Waals surface area (Å²) in [5.41, 5.74) is -1.55. The number of anilines is 1. The number of nitrogens with zero attached hydrogens (tertiary/aromatic N) is 5. The summed E-state index contributed by atoms with van der Waals surface area (Å²) in [5.74, 6) is -3.00. The molecule has 14 nitrogen and oxygen atoms in total. The quantitative estimate of drug-likeness (QED) is 0.143. The number of fused-ring (bicyclic) bond motifs is 2. The Bertz CT molecular complexity index is 2710. The Kier molecular flexibility index (Phi) is 11.0. The standard InChI is InChI=1S/C39H37ClF2N6O8S/c1-39(2,3)56-38(52)43-29(18-22-16-23(41)19-24(42)17-22)34-44-32-26(8-7-9-27(32)37(50)51)36(49)48(34)30-15-14-28(40)31-33(30)46(4)45-35(31)47(57(6,53)54)20-21-10-12-25(55-5)13-11-21/h7-17,19,29H,18,20H2,1-6H3,(H,43,52)(H,50,51)/t29-/m0/s1. The number of carboxylic acids is 1. The third-order valence-electron chi connectivity index (χ3n) is 8.78. The Morgan fingerprint density at radius 3 is 2.28 bits per heavy atom. The molecule has 0 saturated carbocycles. The first kappa shape index (κ1) is 40.6. The summed E-state index contributed by atoms with van der Waals surface area (Å²) < 4.78 is 70.2. The van der Waals surface area contributed by atoms with Gasteiger partial charge in [0.15, 0.2) is 5.82 Å². The van der Waals surface area contributed by atoms with Gasteiger partial charge in [0.1, 0.15) is 28.8 Å². The van der Waals surface area contributed by atoms with Gasteiger partial charge in [0, 0.05) is 19.5 Å². The van der Waals surface area contributed by atoms with E-state index in [1.54, 1.807) is 45.0 Å². The highest BCUT2D eigenvalue weighted by Crippen LogP contribution is 2.38. The van der Waals surface area contributed by atoms with Gasteiger partial charge in [-0.2, -0.15) is 5.10 Å². The zero-order valence-electron chi connectivity index (χ0n) is 31.5. The summed E-state index contributed by atoms with van der Waals surface area (Å²) >= 11 is 6.83. The van der Waals surface area contributed by atoms with Crippen LogP contribution in [0.4, 0.5) is 19.4 Å². The van der Waals surface area contributed by atoms with Crippen molar-refractivity contribution in [2.75, 3.05) is 17.7 Å². The molecule has 2 N–H and O–H groups in total. The van der Waals surface area contributed by atoms with Gasteiger partial charge in [-0.05, 0) is 80.4 Å². The van der Waals surface area contributed by atoms with E-state index in [1.807, 2.05) is 0 Å².